The number of nitrogens with one attached hydrogen (secondary N) is 1. The van der Waals surface area contributed by atoms with Gasteiger partial charge in [-0.3, -0.25) is 4.90 Å². The van der Waals surface area contributed by atoms with Gasteiger partial charge in [0.05, 0.1) is 0 Å². The predicted octanol–water partition coefficient (Wildman–Crippen LogP) is 1.11. The first-order valence-corrected chi connectivity index (χ1v) is 3.60. The minimum atomic E-state index is -2.48. The van der Waals surface area contributed by atoms with Gasteiger partial charge < -0.3 is 5.32 Å². The van der Waals surface area contributed by atoms with Crippen molar-refractivity contribution < 1.29 is 8.22 Å². The molecule has 0 aromatic rings. The lowest BCUT2D eigenvalue weighted by atomic mass is 10.2. The van der Waals surface area contributed by atoms with Crippen molar-refractivity contribution in [2.45, 2.75) is 32.7 Å². The zero-order valence-corrected chi connectivity index (χ0v) is 7.45. The van der Waals surface area contributed by atoms with Gasteiger partial charge in [-0.05, 0) is 20.6 Å². The molecular formula is C8H19ClN2. The first-order valence-electron chi connectivity index (χ1n) is 6.60. The molecule has 0 bridgehead atoms. The number of nitrogens with zero attached hydrogens (tertiary/aromatic N) is 1. The fourth-order valence-corrected chi connectivity index (χ4v) is 1.24. The van der Waals surface area contributed by atoms with Gasteiger partial charge >= 0.3 is 0 Å². The minimum absolute atomic E-state index is 0. The Morgan fingerprint density at radius 1 is 1.64 bits per heavy atom. The summed E-state index contributed by atoms with van der Waals surface area (Å²) in [5.74, 6) is 0. The van der Waals surface area contributed by atoms with Crippen LogP contribution in [-0.4, -0.2) is 36.6 Å². The molecule has 0 aromatic heterocycles. The second-order valence-electron chi connectivity index (χ2n) is 2.69. The molecule has 0 spiro atoms. The van der Waals surface area contributed by atoms with Gasteiger partial charge in [0.15, 0.2) is 0 Å². The van der Waals surface area contributed by atoms with Gasteiger partial charge in [-0.2, -0.15) is 0 Å². The van der Waals surface area contributed by atoms with E-state index >= 15 is 0 Å². The molecule has 0 aliphatic carbocycles. The van der Waals surface area contributed by atoms with Crippen molar-refractivity contribution in [3.05, 3.63) is 0 Å². The zero-order chi connectivity index (χ0) is 12.6. The van der Waals surface area contributed by atoms with Crippen LogP contribution in [0.3, 0.4) is 0 Å². The van der Waals surface area contributed by atoms with E-state index in [2.05, 4.69) is 5.32 Å². The molecule has 0 unspecified atom stereocenters. The number of hydrogen-bond acceptors (Lipinski definition) is 2. The van der Waals surface area contributed by atoms with Crippen LogP contribution in [0.5, 0.6) is 0 Å². The van der Waals surface area contributed by atoms with Gasteiger partial charge in [0, 0.05) is 39.9 Å². The van der Waals surface area contributed by atoms with E-state index in [0.717, 1.165) is 0 Å². The van der Waals surface area contributed by atoms with Crippen molar-refractivity contribution in [3.8, 4) is 0 Å². The highest BCUT2D eigenvalue weighted by Gasteiger charge is 2.19. The van der Waals surface area contributed by atoms with E-state index in [9.17, 15) is 0 Å². The molecule has 68 valence electrons. The fourth-order valence-electron chi connectivity index (χ4n) is 1.24. The molecule has 1 aliphatic heterocycles. The Morgan fingerprint density at radius 3 is 2.91 bits per heavy atom. The molecule has 1 saturated heterocycles. The summed E-state index contributed by atoms with van der Waals surface area (Å²) in [6, 6.07) is -1.43. The van der Waals surface area contributed by atoms with Crippen LogP contribution in [0.15, 0.2) is 0 Å². The lowest BCUT2D eigenvalue weighted by Crippen LogP contribution is -2.52. The summed E-state index contributed by atoms with van der Waals surface area (Å²) < 4.78 is 44.3. The Kier molecular flexibility index (Phi) is 2.01. The van der Waals surface area contributed by atoms with Crippen LogP contribution in [-0.2, 0) is 0 Å². The molecule has 0 saturated carbocycles. The second kappa shape index (κ2) is 4.96. The number of rotatable bonds is 1. The molecule has 0 aromatic carbocycles. The molecule has 11 heavy (non-hydrogen) atoms. The van der Waals surface area contributed by atoms with E-state index in [-0.39, 0.29) is 18.4 Å². The molecule has 3 heteroatoms. The topological polar surface area (TPSA) is 15.3 Å². The van der Waals surface area contributed by atoms with Crippen LogP contribution in [0.1, 0.15) is 28.9 Å². The monoisotopic (exact) mass is 184 g/mol. The first kappa shape index (κ1) is 4.45. The van der Waals surface area contributed by atoms with E-state index < -0.39 is 19.7 Å². The van der Waals surface area contributed by atoms with Gasteiger partial charge in [0.2, 0.25) is 0 Å². The largest absolute Gasteiger partial charge is 0.314 e. The molecule has 1 atom stereocenters. The first-order chi connectivity index (χ1) is 7.14. The van der Waals surface area contributed by atoms with Crippen LogP contribution in [0.4, 0.5) is 0 Å². The van der Waals surface area contributed by atoms with Gasteiger partial charge in [-0.25, -0.2) is 0 Å². The third-order valence-electron chi connectivity index (χ3n) is 1.88. The van der Waals surface area contributed by atoms with Crippen molar-refractivity contribution in [1.82, 2.24) is 10.2 Å². The molecule has 1 fully saturated rings. The average Bonchev–Trinajstić information content (AvgIpc) is 2.03. The van der Waals surface area contributed by atoms with Gasteiger partial charge in [-0.1, -0.05) is 0 Å². The Balaban J connectivity index is 0.00000256. The van der Waals surface area contributed by atoms with Crippen molar-refractivity contribution in [2.24, 2.45) is 0 Å². The summed E-state index contributed by atoms with van der Waals surface area (Å²) in [7, 11) is 0. The van der Waals surface area contributed by atoms with Gasteiger partial charge in [0.25, 0.3) is 0 Å². The summed E-state index contributed by atoms with van der Waals surface area (Å²) in [5, 5.41) is 3.11. The highest BCUT2D eigenvalue weighted by atomic mass is 35.5. The summed E-state index contributed by atoms with van der Waals surface area (Å²) in [6.45, 7) is -1.39. The highest BCUT2D eigenvalue weighted by molar-refractivity contribution is 5.85. The Hall–Kier alpha value is 0.210. The summed E-state index contributed by atoms with van der Waals surface area (Å²) in [4.78, 5) is 1.58. The third-order valence-corrected chi connectivity index (χ3v) is 1.88. The molecule has 1 aliphatic rings. The highest BCUT2D eigenvalue weighted by Crippen LogP contribution is 2.06. The molecule has 1 heterocycles. The minimum Gasteiger partial charge on any atom is -0.314 e. The maximum Gasteiger partial charge on any atom is 0.0246 e. The summed E-state index contributed by atoms with van der Waals surface area (Å²) >= 11 is 0. The SMILES string of the molecule is Cl.[2H]C([2H])([2H])C(N1CCNC[C@H]1C)C([2H])([2H])[2H]. The van der Waals surface area contributed by atoms with Gasteiger partial charge in [0.1, 0.15) is 0 Å². The van der Waals surface area contributed by atoms with Crippen molar-refractivity contribution in [3.63, 3.8) is 0 Å². The fraction of sp³-hybridized carbons (Fsp3) is 1.00. The Labute approximate surface area is 84.2 Å². The quantitative estimate of drug-likeness (QED) is 0.657. The van der Waals surface area contributed by atoms with Gasteiger partial charge in [-0.15, -0.1) is 12.4 Å². The maximum atomic E-state index is 7.38. The lowest BCUT2D eigenvalue weighted by Gasteiger charge is -2.36. The Morgan fingerprint density at radius 2 is 2.36 bits per heavy atom. The van der Waals surface area contributed by atoms with E-state index in [1.165, 1.54) is 0 Å². The van der Waals surface area contributed by atoms with Crippen LogP contribution < -0.4 is 5.32 Å². The Bertz CT molecular complexity index is 227. The van der Waals surface area contributed by atoms with Crippen LogP contribution >= 0.6 is 12.4 Å². The lowest BCUT2D eigenvalue weighted by molar-refractivity contribution is 0.135. The normalized spacial score (nSPS) is 37.1. The summed E-state index contributed by atoms with van der Waals surface area (Å²) in [5.41, 5.74) is 0. The summed E-state index contributed by atoms with van der Waals surface area (Å²) in [6.07, 6.45) is 0. The van der Waals surface area contributed by atoms with Crippen LogP contribution in [0.2, 0.25) is 0 Å². The van der Waals surface area contributed by atoms with E-state index in [1.54, 1.807) is 4.90 Å². The van der Waals surface area contributed by atoms with Crippen LogP contribution in [0, 0.1) is 0 Å². The molecule has 1 rings (SSSR count). The van der Waals surface area contributed by atoms with E-state index in [0.29, 0.717) is 19.6 Å². The number of hydrogen-bond donors (Lipinski definition) is 1. The maximum absolute atomic E-state index is 7.38. The van der Waals surface area contributed by atoms with Crippen molar-refractivity contribution >= 4 is 12.4 Å². The molecule has 1 N–H and O–H groups in total. The average molecular weight is 185 g/mol. The standard InChI is InChI=1S/C8H18N2.ClH/c1-7(2)10-5-4-9-6-8(10)3;/h7-9H,4-6H2,1-3H3;1H/t8-;/m1./s1/i1D3,2D3;. The van der Waals surface area contributed by atoms with Crippen LogP contribution in [0.25, 0.3) is 0 Å². The number of piperazine rings is 1. The zero-order valence-electron chi connectivity index (χ0n) is 12.6. The number of halogens is 1. The molecule has 0 amide bonds. The molecule has 0 radical (unpaired) electrons. The van der Waals surface area contributed by atoms with E-state index in [1.807, 2.05) is 6.92 Å². The smallest absolute Gasteiger partial charge is 0.0246 e. The van der Waals surface area contributed by atoms with Crippen molar-refractivity contribution in [2.75, 3.05) is 19.6 Å². The molecular weight excluding hydrogens is 160 g/mol. The second-order valence-corrected chi connectivity index (χ2v) is 2.69. The van der Waals surface area contributed by atoms with E-state index in [4.69, 9.17) is 8.22 Å². The van der Waals surface area contributed by atoms with Crippen molar-refractivity contribution in [1.29, 1.82) is 0 Å². The predicted molar refractivity (Wildman–Crippen MR) is 51.4 cm³/mol. The molecule has 2 nitrogen and oxygen atoms in total. The third kappa shape index (κ3) is 2.97.